The number of hydrogen-bond acceptors (Lipinski definition) is 5. The maximum absolute atomic E-state index is 11.5. The summed E-state index contributed by atoms with van der Waals surface area (Å²) in [7, 11) is 1.26. The Morgan fingerprint density at radius 2 is 2.38 bits per heavy atom. The van der Waals surface area contributed by atoms with Crippen LogP contribution in [0.15, 0.2) is 10.7 Å². The van der Waals surface area contributed by atoms with Gasteiger partial charge in [0, 0.05) is 7.11 Å². The van der Waals surface area contributed by atoms with Gasteiger partial charge in [-0.3, -0.25) is 4.79 Å². The van der Waals surface area contributed by atoms with Gasteiger partial charge < -0.3 is 19.7 Å². The summed E-state index contributed by atoms with van der Waals surface area (Å²) in [6, 6.07) is 0. The smallest absolute Gasteiger partial charge is 0.334 e. The fraction of sp³-hybridized carbons (Fsp3) is 0.444. The van der Waals surface area contributed by atoms with Crippen LogP contribution in [0, 0.1) is 6.92 Å². The molecule has 0 saturated carbocycles. The van der Waals surface area contributed by atoms with Crippen molar-refractivity contribution in [3.8, 4) is 0 Å². The molecule has 0 aromatic carbocycles. The summed E-state index contributed by atoms with van der Waals surface area (Å²) in [5.41, 5.74) is 0.278. The van der Waals surface area contributed by atoms with Gasteiger partial charge in [0.2, 0.25) is 0 Å². The molecule has 16 heavy (non-hydrogen) atoms. The largest absolute Gasteiger partial charge is 0.479 e. The highest BCUT2D eigenvalue weighted by Gasteiger charge is 2.19. The lowest BCUT2D eigenvalue weighted by Crippen LogP contribution is -2.37. The maximum atomic E-state index is 11.5. The highest BCUT2D eigenvalue weighted by atomic mass is 16.5. The van der Waals surface area contributed by atoms with E-state index in [0.29, 0.717) is 5.76 Å². The molecule has 1 atom stereocenters. The van der Waals surface area contributed by atoms with E-state index in [1.54, 1.807) is 6.92 Å². The SMILES string of the molecule is COC(CNC(=O)c1cnoc1C)C(=O)O. The molecule has 1 heterocycles. The van der Waals surface area contributed by atoms with Crippen LogP contribution in [-0.2, 0) is 9.53 Å². The van der Waals surface area contributed by atoms with E-state index in [0.717, 1.165) is 0 Å². The zero-order chi connectivity index (χ0) is 12.1. The number of hydrogen-bond donors (Lipinski definition) is 2. The van der Waals surface area contributed by atoms with Crippen molar-refractivity contribution in [3.63, 3.8) is 0 Å². The minimum absolute atomic E-state index is 0.116. The lowest BCUT2D eigenvalue weighted by atomic mass is 10.2. The number of aromatic nitrogens is 1. The Bertz CT molecular complexity index is 387. The Kier molecular flexibility index (Phi) is 4.01. The lowest BCUT2D eigenvalue weighted by molar-refractivity contribution is -0.147. The number of rotatable bonds is 5. The summed E-state index contributed by atoms with van der Waals surface area (Å²) in [5, 5.41) is 14.5. The number of carboxylic acid groups (broad SMARTS) is 1. The van der Waals surface area contributed by atoms with Gasteiger partial charge in [-0.25, -0.2) is 4.79 Å². The third-order valence-electron chi connectivity index (χ3n) is 2.00. The van der Waals surface area contributed by atoms with Crippen molar-refractivity contribution in [1.29, 1.82) is 0 Å². The molecule has 2 N–H and O–H groups in total. The van der Waals surface area contributed by atoms with Gasteiger partial charge in [-0.2, -0.15) is 0 Å². The molecule has 0 spiro atoms. The normalized spacial score (nSPS) is 12.1. The molecule has 88 valence electrons. The van der Waals surface area contributed by atoms with Gasteiger partial charge in [0.25, 0.3) is 5.91 Å². The van der Waals surface area contributed by atoms with Crippen LogP contribution in [-0.4, -0.2) is 41.9 Å². The summed E-state index contributed by atoms with van der Waals surface area (Å²) >= 11 is 0. The summed E-state index contributed by atoms with van der Waals surface area (Å²) in [6.45, 7) is 1.47. The molecule has 0 radical (unpaired) electrons. The monoisotopic (exact) mass is 228 g/mol. The number of nitrogens with one attached hydrogen (secondary N) is 1. The van der Waals surface area contributed by atoms with E-state index in [4.69, 9.17) is 9.63 Å². The topological polar surface area (TPSA) is 102 Å². The molecule has 1 rings (SSSR count). The van der Waals surface area contributed by atoms with Gasteiger partial charge in [-0.15, -0.1) is 0 Å². The van der Waals surface area contributed by atoms with Crippen molar-refractivity contribution in [1.82, 2.24) is 10.5 Å². The lowest BCUT2D eigenvalue weighted by Gasteiger charge is -2.10. The van der Waals surface area contributed by atoms with Gasteiger partial charge in [0.1, 0.15) is 11.3 Å². The van der Waals surface area contributed by atoms with E-state index in [-0.39, 0.29) is 12.1 Å². The Balaban J connectivity index is 2.53. The van der Waals surface area contributed by atoms with Crippen molar-refractivity contribution in [2.24, 2.45) is 0 Å². The quantitative estimate of drug-likeness (QED) is 0.724. The van der Waals surface area contributed by atoms with Crippen LogP contribution < -0.4 is 5.32 Å². The van der Waals surface area contributed by atoms with Gasteiger partial charge in [0.15, 0.2) is 6.10 Å². The number of ether oxygens (including phenoxy) is 1. The van der Waals surface area contributed by atoms with E-state index in [1.807, 2.05) is 0 Å². The van der Waals surface area contributed by atoms with E-state index >= 15 is 0 Å². The molecule has 0 aliphatic carbocycles. The molecule has 0 saturated heterocycles. The van der Waals surface area contributed by atoms with Crippen molar-refractivity contribution in [2.75, 3.05) is 13.7 Å². The number of nitrogens with zero attached hydrogens (tertiary/aromatic N) is 1. The second kappa shape index (κ2) is 5.26. The number of carbonyl (C=O) groups is 2. The zero-order valence-electron chi connectivity index (χ0n) is 8.89. The summed E-state index contributed by atoms with van der Waals surface area (Å²) in [6.07, 6.45) is 0.205. The number of carbonyl (C=O) groups excluding carboxylic acids is 1. The maximum Gasteiger partial charge on any atom is 0.334 e. The first-order chi connectivity index (χ1) is 7.56. The molecule has 1 unspecified atom stereocenters. The molecule has 0 aliphatic heterocycles. The van der Waals surface area contributed by atoms with Gasteiger partial charge in [-0.05, 0) is 6.92 Å². The van der Waals surface area contributed by atoms with E-state index in [1.165, 1.54) is 13.3 Å². The Morgan fingerprint density at radius 3 is 2.81 bits per heavy atom. The zero-order valence-corrected chi connectivity index (χ0v) is 8.89. The molecule has 1 aromatic heterocycles. The highest BCUT2D eigenvalue weighted by molar-refractivity contribution is 5.95. The summed E-state index contributed by atoms with van der Waals surface area (Å²) in [5.74, 6) is -1.20. The van der Waals surface area contributed by atoms with Crippen LogP contribution >= 0.6 is 0 Å². The first-order valence-electron chi connectivity index (χ1n) is 4.51. The summed E-state index contributed by atoms with van der Waals surface area (Å²) in [4.78, 5) is 22.1. The number of methoxy groups -OCH3 is 1. The van der Waals surface area contributed by atoms with Crippen LogP contribution in [0.25, 0.3) is 0 Å². The van der Waals surface area contributed by atoms with Crippen molar-refractivity contribution in [2.45, 2.75) is 13.0 Å². The second-order valence-electron chi connectivity index (χ2n) is 3.07. The third-order valence-corrected chi connectivity index (χ3v) is 2.00. The minimum Gasteiger partial charge on any atom is -0.479 e. The average molecular weight is 228 g/mol. The molecule has 7 nitrogen and oxygen atoms in total. The predicted octanol–water partition coefficient (Wildman–Crippen LogP) is -0.188. The second-order valence-corrected chi connectivity index (χ2v) is 3.07. The van der Waals surface area contributed by atoms with Crippen LogP contribution in [0.4, 0.5) is 0 Å². The number of carboxylic acids is 1. The minimum atomic E-state index is -1.13. The molecule has 7 heteroatoms. The fourth-order valence-corrected chi connectivity index (χ4v) is 1.07. The Labute approximate surface area is 91.4 Å². The Morgan fingerprint density at radius 1 is 1.69 bits per heavy atom. The Hall–Kier alpha value is -1.89. The molecule has 0 fully saturated rings. The van der Waals surface area contributed by atoms with Gasteiger partial charge in [0.05, 0.1) is 12.7 Å². The number of aliphatic carboxylic acids is 1. The van der Waals surface area contributed by atoms with Crippen molar-refractivity contribution >= 4 is 11.9 Å². The van der Waals surface area contributed by atoms with Crippen molar-refractivity contribution in [3.05, 3.63) is 17.5 Å². The van der Waals surface area contributed by atoms with Crippen LogP contribution in [0.2, 0.25) is 0 Å². The van der Waals surface area contributed by atoms with Crippen molar-refractivity contribution < 1.29 is 24.0 Å². The van der Waals surface area contributed by atoms with Crippen LogP contribution in [0.1, 0.15) is 16.1 Å². The molecule has 1 aromatic rings. The van der Waals surface area contributed by atoms with Crippen LogP contribution in [0.5, 0.6) is 0 Å². The third kappa shape index (κ3) is 2.80. The number of amides is 1. The summed E-state index contributed by atoms with van der Waals surface area (Å²) < 4.78 is 9.36. The van der Waals surface area contributed by atoms with E-state index in [9.17, 15) is 9.59 Å². The first-order valence-corrected chi connectivity index (χ1v) is 4.51. The first kappa shape index (κ1) is 12.2. The standard InChI is InChI=1S/C9H12N2O5/c1-5-6(3-11-16-5)8(12)10-4-7(15-2)9(13)14/h3,7H,4H2,1-2H3,(H,10,12)(H,13,14). The number of aryl methyl sites for hydroxylation is 1. The van der Waals surface area contributed by atoms with Gasteiger partial charge >= 0.3 is 5.97 Å². The van der Waals surface area contributed by atoms with Gasteiger partial charge in [-0.1, -0.05) is 5.16 Å². The fourth-order valence-electron chi connectivity index (χ4n) is 1.07. The molecule has 0 bridgehead atoms. The predicted molar refractivity (Wildman–Crippen MR) is 52.0 cm³/mol. The molecular weight excluding hydrogens is 216 g/mol. The molecule has 0 aliphatic rings. The average Bonchev–Trinajstić information content (AvgIpc) is 2.64. The molecule has 1 amide bonds. The highest BCUT2D eigenvalue weighted by Crippen LogP contribution is 2.05. The van der Waals surface area contributed by atoms with E-state index in [2.05, 4.69) is 15.2 Å². The molecular formula is C9H12N2O5. The van der Waals surface area contributed by atoms with Crippen LogP contribution in [0.3, 0.4) is 0 Å². The van der Waals surface area contributed by atoms with E-state index < -0.39 is 18.0 Å².